The molecule has 3 N–H and O–H groups in total. The predicted octanol–water partition coefficient (Wildman–Crippen LogP) is 2.67. The first-order valence-electron chi connectivity index (χ1n) is 6.53. The molecule has 1 fully saturated rings. The minimum absolute atomic E-state index is 0.0345. The fraction of sp³-hybridized carbons (Fsp3) is 0.500. The Hall–Kier alpha value is -0.710. The van der Waals surface area contributed by atoms with E-state index in [0.717, 1.165) is 4.90 Å². The smallest absolute Gasteiger partial charge is 0.233 e. The second-order valence-corrected chi connectivity index (χ2v) is 6.67. The minimum atomic E-state index is -0.173. The van der Waals surface area contributed by atoms with Gasteiger partial charge in [-0.1, -0.05) is 23.7 Å². The van der Waals surface area contributed by atoms with Crippen LogP contribution in [0.1, 0.15) is 19.8 Å². The highest BCUT2D eigenvalue weighted by Gasteiger charge is 2.32. The molecule has 3 nitrogen and oxygen atoms in total. The normalized spacial score (nSPS) is 17.8. The number of thioether (sulfide) groups is 1. The lowest BCUT2D eigenvalue weighted by atomic mass is 10.2. The maximum atomic E-state index is 12.1. The van der Waals surface area contributed by atoms with Crippen molar-refractivity contribution in [2.45, 2.75) is 36.0 Å². The Morgan fingerprint density at radius 1 is 1.53 bits per heavy atom. The van der Waals surface area contributed by atoms with E-state index in [-0.39, 0.29) is 17.2 Å². The van der Waals surface area contributed by atoms with Crippen molar-refractivity contribution in [3.8, 4) is 0 Å². The van der Waals surface area contributed by atoms with Crippen LogP contribution < -0.4 is 11.1 Å². The van der Waals surface area contributed by atoms with Gasteiger partial charge in [0.15, 0.2) is 0 Å². The summed E-state index contributed by atoms with van der Waals surface area (Å²) in [6, 6.07) is 7.70. The van der Waals surface area contributed by atoms with Crippen molar-refractivity contribution in [1.82, 2.24) is 5.32 Å². The van der Waals surface area contributed by atoms with Gasteiger partial charge in [-0.15, -0.1) is 11.8 Å². The predicted molar refractivity (Wildman–Crippen MR) is 80.5 cm³/mol. The first kappa shape index (κ1) is 14.7. The molecular weight excluding hydrogens is 280 g/mol. The number of carbonyl (C=O) groups excluding carboxylic acids is 1. The van der Waals surface area contributed by atoms with Crippen molar-refractivity contribution in [2.24, 2.45) is 11.7 Å². The van der Waals surface area contributed by atoms with E-state index in [0.29, 0.717) is 17.5 Å². The molecule has 0 spiro atoms. The summed E-state index contributed by atoms with van der Waals surface area (Å²) in [4.78, 5) is 13.1. The van der Waals surface area contributed by atoms with Gasteiger partial charge in [-0.05, 0) is 37.8 Å². The van der Waals surface area contributed by atoms with Gasteiger partial charge >= 0.3 is 0 Å². The van der Waals surface area contributed by atoms with Crippen LogP contribution in [0.5, 0.6) is 0 Å². The Morgan fingerprint density at radius 2 is 2.21 bits per heavy atom. The summed E-state index contributed by atoms with van der Waals surface area (Å²) in [5.74, 6) is 0.610. The lowest BCUT2D eigenvalue weighted by molar-refractivity contribution is -0.121. The molecule has 1 aromatic rings. The van der Waals surface area contributed by atoms with E-state index < -0.39 is 0 Å². The molecule has 1 aromatic carbocycles. The Bertz CT molecular complexity index is 451. The van der Waals surface area contributed by atoms with E-state index in [9.17, 15) is 4.79 Å². The highest BCUT2D eigenvalue weighted by Crippen LogP contribution is 2.33. The average Bonchev–Trinajstić information content (AvgIpc) is 3.22. The van der Waals surface area contributed by atoms with E-state index in [1.54, 1.807) is 0 Å². The Labute approximate surface area is 123 Å². The van der Waals surface area contributed by atoms with Crippen LogP contribution in [0.25, 0.3) is 0 Å². The molecule has 0 bridgehead atoms. The van der Waals surface area contributed by atoms with Gasteiger partial charge in [0.1, 0.15) is 0 Å². The molecule has 2 rings (SSSR count). The molecule has 0 saturated heterocycles. The molecule has 0 aromatic heterocycles. The van der Waals surface area contributed by atoms with Gasteiger partial charge in [0.05, 0.1) is 10.3 Å². The van der Waals surface area contributed by atoms with Crippen molar-refractivity contribution < 1.29 is 4.79 Å². The molecular formula is C14H19ClN2OS. The molecule has 0 aliphatic heterocycles. The summed E-state index contributed by atoms with van der Waals surface area (Å²) in [5.41, 5.74) is 5.70. The SMILES string of the molecule is CC(Sc1ccccc1Cl)C(=O)NC(CN)C1CC1. The highest BCUT2D eigenvalue weighted by atomic mass is 35.5. The van der Waals surface area contributed by atoms with Crippen molar-refractivity contribution >= 4 is 29.3 Å². The van der Waals surface area contributed by atoms with E-state index in [2.05, 4.69) is 5.32 Å². The summed E-state index contributed by atoms with van der Waals surface area (Å²) in [5, 5.41) is 3.55. The van der Waals surface area contributed by atoms with Crippen LogP contribution in [0.15, 0.2) is 29.2 Å². The number of benzene rings is 1. The molecule has 2 unspecified atom stereocenters. The molecule has 2 atom stereocenters. The number of nitrogens with one attached hydrogen (secondary N) is 1. The number of halogens is 1. The molecule has 1 aliphatic carbocycles. The quantitative estimate of drug-likeness (QED) is 0.794. The molecule has 104 valence electrons. The number of amides is 1. The number of hydrogen-bond acceptors (Lipinski definition) is 3. The zero-order valence-electron chi connectivity index (χ0n) is 10.9. The minimum Gasteiger partial charge on any atom is -0.351 e. The zero-order chi connectivity index (χ0) is 13.8. The monoisotopic (exact) mass is 298 g/mol. The van der Waals surface area contributed by atoms with Gasteiger partial charge < -0.3 is 11.1 Å². The highest BCUT2D eigenvalue weighted by molar-refractivity contribution is 8.00. The zero-order valence-corrected chi connectivity index (χ0v) is 12.5. The molecule has 1 aliphatic rings. The Morgan fingerprint density at radius 3 is 2.79 bits per heavy atom. The van der Waals surface area contributed by atoms with Crippen LogP contribution in [-0.4, -0.2) is 23.7 Å². The molecule has 1 amide bonds. The molecule has 19 heavy (non-hydrogen) atoms. The van der Waals surface area contributed by atoms with E-state index in [1.165, 1.54) is 24.6 Å². The third-order valence-corrected chi connectivity index (χ3v) is 4.90. The fourth-order valence-corrected chi connectivity index (χ4v) is 3.12. The molecule has 5 heteroatoms. The van der Waals surface area contributed by atoms with Gasteiger partial charge in [-0.3, -0.25) is 4.79 Å². The number of hydrogen-bond donors (Lipinski definition) is 2. The van der Waals surface area contributed by atoms with Gasteiger partial charge in [-0.2, -0.15) is 0 Å². The number of rotatable bonds is 6. The summed E-state index contributed by atoms with van der Waals surface area (Å²) in [6.45, 7) is 2.41. The number of nitrogens with two attached hydrogens (primary N) is 1. The Balaban J connectivity index is 1.90. The third-order valence-electron chi connectivity index (χ3n) is 3.28. The van der Waals surface area contributed by atoms with E-state index >= 15 is 0 Å². The van der Waals surface area contributed by atoms with Crippen molar-refractivity contribution in [2.75, 3.05) is 6.54 Å². The molecule has 1 saturated carbocycles. The first-order chi connectivity index (χ1) is 9.11. The van der Waals surface area contributed by atoms with Crippen LogP contribution in [0.4, 0.5) is 0 Å². The van der Waals surface area contributed by atoms with Gasteiger partial charge in [0, 0.05) is 17.5 Å². The topological polar surface area (TPSA) is 55.1 Å². The standard InChI is InChI=1S/C14H19ClN2OS/c1-9(19-13-5-3-2-4-11(13)15)14(18)17-12(8-16)10-6-7-10/h2-5,9-10,12H,6-8,16H2,1H3,(H,17,18). The maximum Gasteiger partial charge on any atom is 0.233 e. The molecule has 0 heterocycles. The van der Waals surface area contributed by atoms with Crippen LogP contribution in [0, 0.1) is 5.92 Å². The summed E-state index contributed by atoms with van der Waals surface area (Å²) < 4.78 is 0. The van der Waals surface area contributed by atoms with Gasteiger partial charge in [-0.25, -0.2) is 0 Å². The lowest BCUT2D eigenvalue weighted by Crippen LogP contribution is -2.44. The van der Waals surface area contributed by atoms with Gasteiger partial charge in [0.25, 0.3) is 0 Å². The first-order valence-corrected chi connectivity index (χ1v) is 7.79. The van der Waals surface area contributed by atoms with Crippen LogP contribution in [-0.2, 0) is 4.79 Å². The lowest BCUT2D eigenvalue weighted by Gasteiger charge is -2.19. The van der Waals surface area contributed by atoms with E-state index in [4.69, 9.17) is 17.3 Å². The Kier molecular flexibility index (Phi) is 5.13. The van der Waals surface area contributed by atoms with Crippen molar-refractivity contribution in [1.29, 1.82) is 0 Å². The van der Waals surface area contributed by atoms with Crippen molar-refractivity contribution in [3.05, 3.63) is 29.3 Å². The van der Waals surface area contributed by atoms with E-state index in [1.807, 2.05) is 31.2 Å². The second-order valence-electron chi connectivity index (χ2n) is 4.88. The van der Waals surface area contributed by atoms with Crippen LogP contribution >= 0.6 is 23.4 Å². The number of carbonyl (C=O) groups is 1. The van der Waals surface area contributed by atoms with Crippen molar-refractivity contribution in [3.63, 3.8) is 0 Å². The fourth-order valence-electron chi connectivity index (χ4n) is 1.95. The summed E-state index contributed by atoms with van der Waals surface area (Å²) >= 11 is 7.57. The second kappa shape index (κ2) is 6.64. The summed E-state index contributed by atoms with van der Waals surface area (Å²) in [7, 11) is 0. The van der Waals surface area contributed by atoms with Crippen LogP contribution in [0.2, 0.25) is 5.02 Å². The molecule has 0 radical (unpaired) electrons. The van der Waals surface area contributed by atoms with Gasteiger partial charge in [0.2, 0.25) is 5.91 Å². The average molecular weight is 299 g/mol. The maximum absolute atomic E-state index is 12.1. The van der Waals surface area contributed by atoms with Crippen LogP contribution in [0.3, 0.4) is 0 Å². The third kappa shape index (κ3) is 4.13. The largest absolute Gasteiger partial charge is 0.351 e. The summed E-state index contributed by atoms with van der Waals surface area (Å²) in [6.07, 6.45) is 2.35.